The number of hydrogen-bond acceptors (Lipinski definition) is 4. The number of halogens is 1. The molecule has 136 valence electrons. The Morgan fingerprint density at radius 2 is 1.92 bits per heavy atom. The number of likely N-dealkylation sites (tertiary alicyclic amines) is 1. The summed E-state index contributed by atoms with van der Waals surface area (Å²) in [6.45, 7) is 4.02. The van der Waals surface area contributed by atoms with E-state index in [4.69, 9.17) is 9.47 Å². The van der Waals surface area contributed by atoms with E-state index >= 15 is 0 Å². The maximum atomic E-state index is 13.4. The molecule has 25 heavy (non-hydrogen) atoms. The molecular weight excluding hydrogens is 327 g/mol. The van der Waals surface area contributed by atoms with Crippen LogP contribution in [0.3, 0.4) is 0 Å². The molecule has 3 rings (SSSR count). The number of piperidine rings is 1. The quantitative estimate of drug-likeness (QED) is 0.833. The summed E-state index contributed by atoms with van der Waals surface area (Å²) >= 11 is 0. The van der Waals surface area contributed by atoms with Gasteiger partial charge in [0.1, 0.15) is 5.82 Å². The van der Waals surface area contributed by atoms with Crippen molar-refractivity contribution in [2.24, 2.45) is 0 Å². The number of hydrogen-bond donors (Lipinski definition) is 0. The number of anilines is 1. The smallest absolute Gasteiger partial charge is 0.224 e. The lowest BCUT2D eigenvalue weighted by Gasteiger charge is -2.37. The molecule has 0 saturated carbocycles. The van der Waals surface area contributed by atoms with Crippen LogP contribution in [0.2, 0.25) is 0 Å². The predicted molar refractivity (Wildman–Crippen MR) is 89.5 cm³/mol. The summed E-state index contributed by atoms with van der Waals surface area (Å²) in [6, 6.07) is 5.83. The summed E-state index contributed by atoms with van der Waals surface area (Å²) in [6.07, 6.45) is 1.53. The average molecular weight is 350 g/mol. The lowest BCUT2D eigenvalue weighted by Crippen LogP contribution is -2.48. The standard InChI is InChI=1S/C18H23FN2O4/c1-14(22)21(16-4-2-3-15(19)13-16)8-5-17(23)20-9-6-18(7-10-20)24-11-12-25-18/h2-4,13H,5-12H2,1H3. The molecule has 1 spiro atoms. The highest BCUT2D eigenvalue weighted by Gasteiger charge is 2.40. The maximum absolute atomic E-state index is 13.4. The van der Waals surface area contributed by atoms with E-state index in [1.54, 1.807) is 17.0 Å². The minimum atomic E-state index is -0.510. The molecule has 0 radical (unpaired) electrons. The van der Waals surface area contributed by atoms with E-state index in [0.717, 1.165) is 0 Å². The second-order valence-electron chi connectivity index (χ2n) is 6.39. The van der Waals surface area contributed by atoms with Crippen molar-refractivity contribution in [2.45, 2.75) is 32.0 Å². The van der Waals surface area contributed by atoms with Gasteiger partial charge in [0.15, 0.2) is 5.79 Å². The largest absolute Gasteiger partial charge is 0.347 e. The van der Waals surface area contributed by atoms with E-state index in [-0.39, 0.29) is 24.8 Å². The Kier molecular flexibility index (Phi) is 5.34. The van der Waals surface area contributed by atoms with Gasteiger partial charge in [0.05, 0.1) is 13.2 Å². The Hall–Kier alpha value is -1.99. The Morgan fingerprint density at radius 3 is 2.52 bits per heavy atom. The van der Waals surface area contributed by atoms with Crippen LogP contribution >= 0.6 is 0 Å². The topological polar surface area (TPSA) is 59.1 Å². The summed E-state index contributed by atoms with van der Waals surface area (Å²) in [5.74, 6) is -1.16. The summed E-state index contributed by atoms with van der Waals surface area (Å²) in [5.41, 5.74) is 0.464. The number of rotatable bonds is 4. The van der Waals surface area contributed by atoms with Crippen LogP contribution in [0.5, 0.6) is 0 Å². The number of amides is 2. The fourth-order valence-corrected chi connectivity index (χ4v) is 3.36. The maximum Gasteiger partial charge on any atom is 0.224 e. The average Bonchev–Trinajstić information content (AvgIpc) is 3.03. The molecule has 2 saturated heterocycles. The Bertz CT molecular complexity index is 636. The Balaban J connectivity index is 1.54. The van der Waals surface area contributed by atoms with Crippen LogP contribution < -0.4 is 4.90 Å². The van der Waals surface area contributed by atoms with Crippen LogP contribution in [0.1, 0.15) is 26.2 Å². The van der Waals surface area contributed by atoms with E-state index in [1.165, 1.54) is 24.0 Å². The van der Waals surface area contributed by atoms with E-state index in [1.807, 2.05) is 0 Å². The number of nitrogens with zero attached hydrogens (tertiary/aromatic N) is 2. The highest BCUT2D eigenvalue weighted by molar-refractivity contribution is 5.92. The number of carbonyl (C=O) groups is 2. The zero-order chi connectivity index (χ0) is 17.9. The predicted octanol–water partition coefficient (Wildman–Crippen LogP) is 1.93. The molecule has 0 N–H and O–H groups in total. The molecule has 0 aromatic heterocycles. The van der Waals surface area contributed by atoms with Crippen LogP contribution in [0, 0.1) is 5.82 Å². The third-order valence-electron chi connectivity index (χ3n) is 4.74. The van der Waals surface area contributed by atoms with Gasteiger partial charge in [-0.25, -0.2) is 4.39 Å². The van der Waals surface area contributed by atoms with Gasteiger partial charge in [-0.15, -0.1) is 0 Å². The first-order valence-corrected chi connectivity index (χ1v) is 8.58. The molecule has 1 aromatic carbocycles. The first kappa shape index (κ1) is 17.8. The summed E-state index contributed by atoms with van der Waals surface area (Å²) in [4.78, 5) is 27.5. The SMILES string of the molecule is CC(=O)N(CCC(=O)N1CCC2(CC1)OCCO2)c1cccc(F)c1. The molecule has 0 bridgehead atoms. The lowest BCUT2D eigenvalue weighted by molar-refractivity contribution is -0.187. The van der Waals surface area contributed by atoms with Crippen molar-refractivity contribution in [1.29, 1.82) is 0 Å². The monoisotopic (exact) mass is 350 g/mol. The molecule has 2 amide bonds. The van der Waals surface area contributed by atoms with Gasteiger partial charge in [-0.1, -0.05) is 6.07 Å². The summed E-state index contributed by atoms with van der Waals surface area (Å²) in [5, 5.41) is 0. The van der Waals surface area contributed by atoms with Gasteiger partial charge in [0.25, 0.3) is 0 Å². The molecule has 1 aromatic rings. The molecule has 0 unspecified atom stereocenters. The normalized spacial score (nSPS) is 19.2. The van der Waals surface area contributed by atoms with Crippen LogP contribution in [0.4, 0.5) is 10.1 Å². The number of ether oxygens (including phenoxy) is 2. The van der Waals surface area contributed by atoms with Crippen LogP contribution in [0.15, 0.2) is 24.3 Å². The van der Waals surface area contributed by atoms with Gasteiger partial charge in [-0.3, -0.25) is 9.59 Å². The van der Waals surface area contributed by atoms with E-state index < -0.39 is 11.6 Å². The van der Waals surface area contributed by atoms with Crippen LogP contribution in [-0.4, -0.2) is 55.3 Å². The zero-order valence-corrected chi connectivity index (χ0v) is 14.4. The van der Waals surface area contributed by atoms with Crippen molar-refractivity contribution < 1.29 is 23.5 Å². The minimum Gasteiger partial charge on any atom is -0.347 e. The molecule has 2 aliphatic heterocycles. The third-order valence-corrected chi connectivity index (χ3v) is 4.74. The van der Waals surface area contributed by atoms with Gasteiger partial charge in [0, 0.05) is 51.5 Å². The zero-order valence-electron chi connectivity index (χ0n) is 14.4. The van der Waals surface area contributed by atoms with Crippen molar-refractivity contribution in [3.05, 3.63) is 30.1 Å². The molecule has 2 aliphatic rings. The molecular formula is C18H23FN2O4. The Morgan fingerprint density at radius 1 is 1.24 bits per heavy atom. The molecule has 2 heterocycles. The van der Waals surface area contributed by atoms with Crippen molar-refractivity contribution >= 4 is 17.5 Å². The third kappa shape index (κ3) is 4.16. The highest BCUT2D eigenvalue weighted by Crippen LogP contribution is 2.31. The van der Waals surface area contributed by atoms with Gasteiger partial charge in [-0.2, -0.15) is 0 Å². The molecule has 0 aliphatic carbocycles. The molecule has 6 nitrogen and oxygen atoms in total. The van der Waals surface area contributed by atoms with E-state index in [9.17, 15) is 14.0 Å². The van der Waals surface area contributed by atoms with Gasteiger partial charge in [-0.05, 0) is 18.2 Å². The Labute approximate surface area is 146 Å². The van der Waals surface area contributed by atoms with Crippen molar-refractivity contribution in [3.63, 3.8) is 0 Å². The van der Waals surface area contributed by atoms with Crippen LogP contribution in [-0.2, 0) is 19.1 Å². The molecule has 0 atom stereocenters. The first-order chi connectivity index (χ1) is 12.0. The number of benzene rings is 1. The van der Waals surface area contributed by atoms with Crippen LogP contribution in [0.25, 0.3) is 0 Å². The molecule has 7 heteroatoms. The first-order valence-electron chi connectivity index (χ1n) is 8.58. The second kappa shape index (κ2) is 7.49. The second-order valence-corrected chi connectivity index (χ2v) is 6.39. The van der Waals surface area contributed by atoms with Gasteiger partial charge < -0.3 is 19.3 Å². The van der Waals surface area contributed by atoms with Gasteiger partial charge >= 0.3 is 0 Å². The van der Waals surface area contributed by atoms with E-state index in [2.05, 4.69) is 0 Å². The van der Waals surface area contributed by atoms with Crippen molar-refractivity contribution in [2.75, 3.05) is 37.7 Å². The lowest BCUT2D eigenvalue weighted by atomic mass is 10.0. The summed E-state index contributed by atoms with van der Waals surface area (Å²) < 4.78 is 24.7. The molecule has 2 fully saturated rings. The fraction of sp³-hybridized carbons (Fsp3) is 0.556. The minimum absolute atomic E-state index is 0.0181. The van der Waals surface area contributed by atoms with Crippen molar-refractivity contribution in [1.82, 2.24) is 4.90 Å². The number of carbonyl (C=O) groups excluding carboxylic acids is 2. The van der Waals surface area contributed by atoms with Crippen molar-refractivity contribution in [3.8, 4) is 0 Å². The van der Waals surface area contributed by atoms with E-state index in [0.29, 0.717) is 44.8 Å². The highest BCUT2D eigenvalue weighted by atomic mass is 19.1. The summed E-state index contributed by atoms with van der Waals surface area (Å²) in [7, 11) is 0. The fourth-order valence-electron chi connectivity index (χ4n) is 3.36. The van der Waals surface area contributed by atoms with Gasteiger partial charge in [0.2, 0.25) is 11.8 Å².